The molecule has 4 nitrogen and oxygen atoms in total. The Hall–Kier alpha value is -2.14. The first-order chi connectivity index (χ1) is 10.4. The lowest BCUT2D eigenvalue weighted by atomic mass is 10.0. The van der Waals surface area contributed by atoms with Crippen molar-refractivity contribution in [3.05, 3.63) is 59.2 Å². The number of carbonyl (C=O) groups excluding carboxylic acids is 1. The highest BCUT2D eigenvalue weighted by atomic mass is 32.2. The molecule has 2 rings (SSSR count). The van der Waals surface area contributed by atoms with Gasteiger partial charge in [0.1, 0.15) is 12.0 Å². The third-order valence-electron chi connectivity index (χ3n) is 3.27. The van der Waals surface area contributed by atoms with Crippen molar-refractivity contribution in [1.82, 2.24) is 0 Å². The highest BCUT2D eigenvalue weighted by Gasteiger charge is 2.09. The maximum Gasteiger partial charge on any atom is 0.175 e. The van der Waals surface area contributed by atoms with Gasteiger partial charge in [-0.2, -0.15) is 0 Å². The molecule has 22 heavy (non-hydrogen) atoms. The van der Waals surface area contributed by atoms with E-state index in [1.807, 2.05) is 6.92 Å². The van der Waals surface area contributed by atoms with Crippen molar-refractivity contribution in [3.63, 3.8) is 0 Å². The molecule has 0 atom stereocenters. The van der Waals surface area contributed by atoms with Gasteiger partial charge in [-0.1, -0.05) is 12.1 Å². The molecule has 0 aliphatic heterocycles. The van der Waals surface area contributed by atoms with Gasteiger partial charge in [0.2, 0.25) is 0 Å². The fourth-order valence-electron chi connectivity index (χ4n) is 2.18. The average molecular weight is 318 g/mol. The number of rotatable bonds is 6. The van der Waals surface area contributed by atoms with E-state index in [-0.39, 0.29) is 0 Å². The molecule has 116 valence electrons. The van der Waals surface area contributed by atoms with Crippen LogP contribution in [-0.4, -0.2) is 27.6 Å². The molecule has 0 saturated heterocycles. The number of benzene rings is 2. The molecule has 0 spiro atoms. The Morgan fingerprint density at radius 3 is 2.32 bits per heavy atom. The van der Waals surface area contributed by atoms with Gasteiger partial charge >= 0.3 is 0 Å². The van der Waals surface area contributed by atoms with Crippen LogP contribution in [0.2, 0.25) is 0 Å². The van der Waals surface area contributed by atoms with Gasteiger partial charge in [-0.3, -0.25) is 4.79 Å². The number of sulfone groups is 1. The van der Waals surface area contributed by atoms with Crippen molar-refractivity contribution in [3.8, 4) is 5.75 Å². The fourth-order valence-corrected chi connectivity index (χ4v) is 2.81. The van der Waals surface area contributed by atoms with Gasteiger partial charge in [0, 0.05) is 18.2 Å². The normalized spacial score (nSPS) is 11.2. The molecule has 0 heterocycles. The Labute approximate surface area is 130 Å². The van der Waals surface area contributed by atoms with E-state index in [0.717, 1.165) is 23.2 Å². The van der Waals surface area contributed by atoms with Gasteiger partial charge in [-0.25, -0.2) is 8.42 Å². The van der Waals surface area contributed by atoms with Gasteiger partial charge in [0.05, 0.1) is 11.5 Å². The minimum absolute atomic E-state index is 0.294. The zero-order valence-electron chi connectivity index (χ0n) is 12.6. The monoisotopic (exact) mass is 318 g/mol. The van der Waals surface area contributed by atoms with Crippen LogP contribution >= 0.6 is 0 Å². The molecule has 0 amide bonds. The van der Waals surface area contributed by atoms with E-state index in [0.29, 0.717) is 23.5 Å². The van der Waals surface area contributed by atoms with E-state index in [1.165, 1.54) is 6.26 Å². The second-order valence-corrected chi connectivity index (χ2v) is 7.03. The fraction of sp³-hybridized carbons (Fsp3) is 0.235. The van der Waals surface area contributed by atoms with Crippen LogP contribution in [0.1, 0.15) is 28.4 Å². The molecule has 0 unspecified atom stereocenters. The van der Waals surface area contributed by atoms with Crippen LogP contribution in [0.15, 0.2) is 47.4 Å². The summed E-state index contributed by atoms with van der Waals surface area (Å²) in [7, 11) is -3.19. The zero-order chi connectivity index (χ0) is 16.2. The Kier molecular flexibility index (Phi) is 4.98. The molecule has 0 bridgehead atoms. The van der Waals surface area contributed by atoms with E-state index < -0.39 is 9.84 Å². The molecule has 0 aliphatic carbocycles. The number of aldehydes is 1. The maximum atomic E-state index is 11.5. The molecular weight excluding hydrogens is 300 g/mol. The quantitative estimate of drug-likeness (QED) is 0.768. The van der Waals surface area contributed by atoms with Crippen LogP contribution in [0.3, 0.4) is 0 Å². The van der Waals surface area contributed by atoms with E-state index >= 15 is 0 Å². The highest BCUT2D eigenvalue weighted by molar-refractivity contribution is 7.90. The van der Waals surface area contributed by atoms with E-state index in [2.05, 4.69) is 0 Å². The van der Waals surface area contributed by atoms with Crippen molar-refractivity contribution in [2.45, 2.75) is 18.2 Å². The van der Waals surface area contributed by atoms with Gasteiger partial charge in [-0.05, 0) is 48.4 Å². The maximum absolute atomic E-state index is 11.5. The van der Waals surface area contributed by atoms with Crippen LogP contribution < -0.4 is 4.74 Å². The molecule has 0 saturated carbocycles. The standard InChI is InChI=1S/C17H18O4S/c1-3-21-17-9-6-14(12-18)11-15(17)10-13-4-7-16(8-5-13)22(2,19)20/h4-9,11-12H,3,10H2,1-2H3. The van der Waals surface area contributed by atoms with Crippen LogP contribution in [-0.2, 0) is 16.3 Å². The summed E-state index contributed by atoms with van der Waals surface area (Å²) < 4.78 is 28.5. The van der Waals surface area contributed by atoms with Gasteiger partial charge in [-0.15, -0.1) is 0 Å². The second kappa shape index (κ2) is 6.75. The smallest absolute Gasteiger partial charge is 0.175 e. The molecule has 0 radical (unpaired) electrons. The van der Waals surface area contributed by atoms with Crippen LogP contribution in [0.4, 0.5) is 0 Å². The van der Waals surface area contributed by atoms with Gasteiger partial charge in [0.15, 0.2) is 9.84 Å². The third kappa shape index (κ3) is 3.95. The summed E-state index contributed by atoms with van der Waals surface area (Å²) in [5, 5.41) is 0. The first kappa shape index (κ1) is 16.2. The highest BCUT2D eigenvalue weighted by Crippen LogP contribution is 2.23. The zero-order valence-corrected chi connectivity index (χ0v) is 13.4. The van der Waals surface area contributed by atoms with Crippen LogP contribution in [0.5, 0.6) is 5.75 Å². The lowest BCUT2D eigenvalue weighted by molar-refractivity contribution is 0.112. The summed E-state index contributed by atoms with van der Waals surface area (Å²) in [6.07, 6.45) is 2.55. The Balaban J connectivity index is 2.31. The van der Waals surface area contributed by atoms with Crippen molar-refractivity contribution >= 4 is 16.1 Å². The van der Waals surface area contributed by atoms with Crippen LogP contribution in [0, 0.1) is 0 Å². The van der Waals surface area contributed by atoms with Crippen LogP contribution in [0.25, 0.3) is 0 Å². The topological polar surface area (TPSA) is 60.4 Å². The summed E-state index contributed by atoms with van der Waals surface area (Å²) in [4.78, 5) is 11.2. The molecular formula is C17H18O4S. The Morgan fingerprint density at radius 1 is 1.09 bits per heavy atom. The first-order valence-corrected chi connectivity index (χ1v) is 8.83. The molecule has 2 aromatic rings. The molecule has 2 aromatic carbocycles. The van der Waals surface area contributed by atoms with Crippen molar-refractivity contribution < 1.29 is 17.9 Å². The van der Waals surface area contributed by atoms with E-state index in [4.69, 9.17) is 4.74 Å². The van der Waals surface area contributed by atoms with Crippen molar-refractivity contribution in [1.29, 1.82) is 0 Å². The summed E-state index contributed by atoms with van der Waals surface area (Å²) in [6, 6.07) is 12.0. The van der Waals surface area contributed by atoms with Crippen molar-refractivity contribution in [2.75, 3.05) is 12.9 Å². The lowest BCUT2D eigenvalue weighted by Gasteiger charge is -2.11. The largest absolute Gasteiger partial charge is 0.494 e. The number of hydrogen-bond acceptors (Lipinski definition) is 4. The number of carbonyl (C=O) groups is 1. The summed E-state index contributed by atoms with van der Waals surface area (Å²) >= 11 is 0. The van der Waals surface area contributed by atoms with Gasteiger partial charge in [0.25, 0.3) is 0 Å². The molecule has 0 aliphatic rings. The predicted octanol–water partition coefficient (Wildman–Crippen LogP) is 2.89. The van der Waals surface area contributed by atoms with E-state index in [9.17, 15) is 13.2 Å². The predicted molar refractivity (Wildman–Crippen MR) is 85.4 cm³/mol. The molecule has 5 heteroatoms. The van der Waals surface area contributed by atoms with Gasteiger partial charge < -0.3 is 4.74 Å². The molecule has 0 fully saturated rings. The number of hydrogen-bond donors (Lipinski definition) is 0. The summed E-state index contributed by atoms with van der Waals surface area (Å²) in [6.45, 7) is 2.44. The Bertz CT molecular complexity index is 762. The minimum Gasteiger partial charge on any atom is -0.494 e. The second-order valence-electron chi connectivity index (χ2n) is 5.01. The third-order valence-corrected chi connectivity index (χ3v) is 4.40. The molecule has 0 N–H and O–H groups in total. The average Bonchev–Trinajstić information content (AvgIpc) is 2.49. The lowest BCUT2D eigenvalue weighted by Crippen LogP contribution is -2.00. The van der Waals surface area contributed by atoms with Crippen molar-refractivity contribution in [2.24, 2.45) is 0 Å². The summed E-state index contributed by atoms with van der Waals surface area (Å²) in [5.41, 5.74) is 2.45. The Morgan fingerprint density at radius 2 is 1.77 bits per heavy atom. The molecule has 0 aromatic heterocycles. The first-order valence-electron chi connectivity index (χ1n) is 6.94. The summed E-state index contributed by atoms with van der Waals surface area (Å²) in [5.74, 6) is 0.736. The SMILES string of the molecule is CCOc1ccc(C=O)cc1Cc1ccc(S(C)(=O)=O)cc1. The number of ether oxygens (including phenoxy) is 1. The minimum atomic E-state index is -3.19. The van der Waals surface area contributed by atoms with E-state index in [1.54, 1.807) is 42.5 Å².